The average molecular weight is 240 g/mol. The number of nitrogens with one attached hydrogen (secondary N) is 1. The van der Waals surface area contributed by atoms with Gasteiger partial charge in [-0.15, -0.1) is 0 Å². The van der Waals surface area contributed by atoms with Gasteiger partial charge >= 0.3 is 6.03 Å². The van der Waals surface area contributed by atoms with E-state index >= 15 is 0 Å². The molecule has 6 heteroatoms. The number of imide groups is 1. The second kappa shape index (κ2) is 4.12. The largest absolute Gasteiger partial charge is 0.334 e. The van der Waals surface area contributed by atoms with E-state index in [0.29, 0.717) is 11.0 Å². The number of carbonyl (C=O) groups is 2. The van der Waals surface area contributed by atoms with Crippen molar-refractivity contribution in [3.63, 3.8) is 0 Å². The summed E-state index contributed by atoms with van der Waals surface area (Å²) in [6, 6.07) is 1.72. The Labute approximate surface area is 96.2 Å². The van der Waals surface area contributed by atoms with Crippen LogP contribution in [-0.4, -0.2) is 18.0 Å². The minimum absolute atomic E-state index is 0.0859. The number of amides is 3. The van der Waals surface area contributed by atoms with Gasteiger partial charge in [-0.25, -0.2) is 18.5 Å². The monoisotopic (exact) mass is 240 g/mol. The molecule has 1 aromatic carbocycles. The van der Waals surface area contributed by atoms with Crippen LogP contribution in [0.4, 0.5) is 19.3 Å². The van der Waals surface area contributed by atoms with Gasteiger partial charge in [0.2, 0.25) is 5.91 Å². The van der Waals surface area contributed by atoms with Crippen LogP contribution >= 0.6 is 0 Å². The van der Waals surface area contributed by atoms with Gasteiger partial charge in [0, 0.05) is 18.5 Å². The van der Waals surface area contributed by atoms with Crippen LogP contribution in [0.3, 0.4) is 0 Å². The van der Waals surface area contributed by atoms with Crippen LogP contribution < -0.4 is 10.2 Å². The van der Waals surface area contributed by atoms with Gasteiger partial charge in [0.05, 0.1) is 5.69 Å². The van der Waals surface area contributed by atoms with Crippen molar-refractivity contribution in [2.24, 2.45) is 0 Å². The highest BCUT2D eigenvalue weighted by atomic mass is 19.1. The Hall–Kier alpha value is -1.98. The molecule has 0 aromatic heterocycles. The fourth-order valence-electron chi connectivity index (χ4n) is 1.70. The van der Waals surface area contributed by atoms with E-state index in [4.69, 9.17) is 0 Å². The number of nitrogens with zero attached hydrogens (tertiary/aromatic N) is 1. The molecule has 0 radical (unpaired) electrons. The molecule has 2 rings (SSSR count). The normalized spacial score (nSPS) is 20.4. The molecular formula is C11H10F2N2O2. The summed E-state index contributed by atoms with van der Waals surface area (Å²) < 4.78 is 26.2. The summed E-state index contributed by atoms with van der Waals surface area (Å²) >= 11 is 0. The van der Waals surface area contributed by atoms with Crippen molar-refractivity contribution < 1.29 is 18.4 Å². The molecule has 1 saturated heterocycles. The van der Waals surface area contributed by atoms with Crippen molar-refractivity contribution in [1.29, 1.82) is 0 Å². The van der Waals surface area contributed by atoms with Crippen molar-refractivity contribution in [2.45, 2.75) is 19.4 Å². The van der Waals surface area contributed by atoms with E-state index in [9.17, 15) is 18.4 Å². The van der Waals surface area contributed by atoms with Crippen molar-refractivity contribution >= 4 is 17.6 Å². The zero-order chi connectivity index (χ0) is 12.6. The topological polar surface area (TPSA) is 49.4 Å². The Balaban J connectivity index is 2.38. The third kappa shape index (κ3) is 2.11. The zero-order valence-electron chi connectivity index (χ0n) is 9.04. The average Bonchev–Trinajstić information content (AvgIpc) is 2.19. The highest BCUT2D eigenvalue weighted by Gasteiger charge is 2.32. The quantitative estimate of drug-likeness (QED) is 0.813. The number of rotatable bonds is 1. The first-order chi connectivity index (χ1) is 7.99. The maximum Gasteiger partial charge on any atom is 0.329 e. The lowest BCUT2D eigenvalue weighted by Crippen LogP contribution is -2.54. The Kier molecular flexibility index (Phi) is 2.79. The number of halogens is 2. The Bertz CT molecular complexity index is 472. The number of anilines is 1. The molecule has 90 valence electrons. The first-order valence-electron chi connectivity index (χ1n) is 5.07. The van der Waals surface area contributed by atoms with Crippen LogP contribution in [0.25, 0.3) is 0 Å². The maximum absolute atomic E-state index is 13.5. The molecule has 4 nitrogen and oxygen atoms in total. The first-order valence-corrected chi connectivity index (χ1v) is 5.07. The van der Waals surface area contributed by atoms with Crippen molar-refractivity contribution in [2.75, 3.05) is 4.90 Å². The molecule has 0 aliphatic carbocycles. The summed E-state index contributed by atoms with van der Waals surface area (Å²) in [7, 11) is 0. The van der Waals surface area contributed by atoms with E-state index in [1.807, 2.05) is 0 Å². The third-order valence-corrected chi connectivity index (χ3v) is 2.45. The molecule has 1 aromatic rings. The van der Waals surface area contributed by atoms with Gasteiger partial charge in [-0.3, -0.25) is 4.79 Å². The van der Waals surface area contributed by atoms with Gasteiger partial charge in [-0.2, -0.15) is 0 Å². The van der Waals surface area contributed by atoms with Crippen LogP contribution in [0.1, 0.15) is 13.3 Å². The summed E-state index contributed by atoms with van der Waals surface area (Å²) in [6.07, 6.45) is 0.0859. The van der Waals surface area contributed by atoms with E-state index in [-0.39, 0.29) is 18.2 Å². The Morgan fingerprint density at radius 2 is 2.06 bits per heavy atom. The van der Waals surface area contributed by atoms with Crippen molar-refractivity contribution in [1.82, 2.24) is 5.32 Å². The molecule has 1 atom stereocenters. The van der Waals surface area contributed by atoms with Gasteiger partial charge in [-0.1, -0.05) is 0 Å². The number of carbonyl (C=O) groups excluding carboxylic acids is 2. The van der Waals surface area contributed by atoms with Crippen LogP contribution in [-0.2, 0) is 4.79 Å². The molecule has 3 amide bonds. The highest BCUT2D eigenvalue weighted by Crippen LogP contribution is 2.23. The highest BCUT2D eigenvalue weighted by molar-refractivity contribution is 6.16. The van der Waals surface area contributed by atoms with E-state index in [1.54, 1.807) is 6.92 Å². The SMILES string of the molecule is CC1CC(=O)N(c2ccc(F)cc2F)C(=O)N1. The number of hydrogen-bond acceptors (Lipinski definition) is 2. The molecule has 1 heterocycles. The van der Waals surface area contributed by atoms with E-state index < -0.39 is 23.6 Å². The lowest BCUT2D eigenvalue weighted by Gasteiger charge is -2.29. The van der Waals surface area contributed by atoms with Crippen LogP contribution in [0.15, 0.2) is 18.2 Å². The molecule has 1 unspecified atom stereocenters. The van der Waals surface area contributed by atoms with Gasteiger partial charge in [0.25, 0.3) is 0 Å². The fraction of sp³-hybridized carbons (Fsp3) is 0.273. The molecule has 17 heavy (non-hydrogen) atoms. The summed E-state index contributed by atoms with van der Waals surface area (Å²) in [5.41, 5.74) is -0.235. The number of hydrogen-bond donors (Lipinski definition) is 1. The molecular weight excluding hydrogens is 230 g/mol. The van der Waals surface area contributed by atoms with E-state index in [2.05, 4.69) is 5.32 Å². The smallest absolute Gasteiger partial charge is 0.329 e. The predicted octanol–water partition coefficient (Wildman–Crippen LogP) is 1.80. The molecule has 1 aliphatic rings. The second-order valence-corrected chi connectivity index (χ2v) is 3.88. The zero-order valence-corrected chi connectivity index (χ0v) is 9.04. The summed E-state index contributed by atoms with van der Waals surface area (Å²) in [4.78, 5) is 23.9. The predicted molar refractivity (Wildman–Crippen MR) is 56.5 cm³/mol. The first kappa shape index (κ1) is 11.5. The molecule has 0 saturated carbocycles. The molecule has 1 aliphatic heterocycles. The van der Waals surface area contributed by atoms with E-state index in [1.165, 1.54) is 0 Å². The minimum Gasteiger partial charge on any atom is -0.334 e. The summed E-state index contributed by atoms with van der Waals surface area (Å²) in [5.74, 6) is -2.21. The number of benzene rings is 1. The summed E-state index contributed by atoms with van der Waals surface area (Å²) in [5, 5.41) is 2.51. The lowest BCUT2D eigenvalue weighted by atomic mass is 10.1. The van der Waals surface area contributed by atoms with Gasteiger partial charge in [0.15, 0.2) is 0 Å². The molecule has 1 N–H and O–H groups in total. The van der Waals surface area contributed by atoms with Crippen LogP contribution in [0.2, 0.25) is 0 Å². The Morgan fingerprint density at radius 1 is 1.35 bits per heavy atom. The molecule has 0 spiro atoms. The third-order valence-electron chi connectivity index (χ3n) is 2.45. The Morgan fingerprint density at radius 3 is 2.65 bits per heavy atom. The van der Waals surface area contributed by atoms with Gasteiger partial charge in [-0.05, 0) is 19.1 Å². The lowest BCUT2D eigenvalue weighted by molar-refractivity contribution is -0.118. The minimum atomic E-state index is -0.942. The summed E-state index contributed by atoms with van der Waals surface area (Å²) in [6.45, 7) is 1.67. The standard InChI is InChI=1S/C11H10F2N2O2/c1-6-4-10(16)15(11(17)14-6)9-3-2-7(12)5-8(9)13/h2-3,5-6H,4H2,1H3,(H,14,17). The number of urea groups is 1. The van der Waals surface area contributed by atoms with Crippen LogP contribution in [0.5, 0.6) is 0 Å². The molecule has 1 fully saturated rings. The second-order valence-electron chi connectivity index (χ2n) is 3.88. The maximum atomic E-state index is 13.5. The van der Waals surface area contributed by atoms with Crippen LogP contribution in [0, 0.1) is 11.6 Å². The van der Waals surface area contributed by atoms with E-state index in [0.717, 1.165) is 12.1 Å². The van der Waals surface area contributed by atoms with Crippen molar-refractivity contribution in [3.05, 3.63) is 29.8 Å². The van der Waals surface area contributed by atoms with Gasteiger partial charge in [0.1, 0.15) is 11.6 Å². The molecule has 0 bridgehead atoms. The van der Waals surface area contributed by atoms with Crippen molar-refractivity contribution in [3.8, 4) is 0 Å². The fourth-order valence-corrected chi connectivity index (χ4v) is 1.70. The van der Waals surface area contributed by atoms with Gasteiger partial charge < -0.3 is 5.32 Å².